The molecule has 0 aromatic rings. The van der Waals surface area contributed by atoms with Crippen molar-refractivity contribution in [1.82, 2.24) is 15.1 Å². The minimum absolute atomic E-state index is 0.0312. The quantitative estimate of drug-likeness (QED) is 0.694. The smallest absolute Gasteiger partial charge is 0.246 e. The summed E-state index contributed by atoms with van der Waals surface area (Å²) in [6.07, 6.45) is 1.33. The molecule has 1 heterocycles. The van der Waals surface area contributed by atoms with Gasteiger partial charge >= 0.3 is 0 Å². The Balaban J connectivity index is 2.30. The number of amides is 2. The third kappa shape index (κ3) is 4.56. The predicted octanol–water partition coefficient (Wildman–Crippen LogP) is -0.159. The molecule has 0 aromatic carbocycles. The molecule has 5 heteroatoms. The van der Waals surface area contributed by atoms with Crippen LogP contribution in [0.5, 0.6) is 0 Å². The molecule has 0 saturated carbocycles. The van der Waals surface area contributed by atoms with Crippen molar-refractivity contribution in [2.45, 2.75) is 19.9 Å². The van der Waals surface area contributed by atoms with Crippen LogP contribution in [0.4, 0.5) is 0 Å². The van der Waals surface area contributed by atoms with Gasteiger partial charge in [-0.15, -0.1) is 0 Å². The topological polar surface area (TPSA) is 52.7 Å². The minimum Gasteiger partial charge on any atom is -0.353 e. The number of carbonyl (C=O) groups excluding carboxylic acids is 2. The molecule has 96 valence electrons. The molecule has 0 atom stereocenters. The SMILES string of the molecule is C=CC(=O)N1CCN(CC(=O)NC(C)C)CC1. The number of hydrogen-bond donors (Lipinski definition) is 1. The van der Waals surface area contributed by atoms with Gasteiger partial charge in [-0.05, 0) is 19.9 Å². The van der Waals surface area contributed by atoms with Gasteiger partial charge < -0.3 is 10.2 Å². The van der Waals surface area contributed by atoms with E-state index < -0.39 is 0 Å². The van der Waals surface area contributed by atoms with Crippen LogP contribution in [-0.4, -0.2) is 60.4 Å². The Bertz CT molecular complexity index is 294. The van der Waals surface area contributed by atoms with Gasteiger partial charge in [-0.2, -0.15) is 0 Å². The molecule has 0 aromatic heterocycles. The number of piperazine rings is 1. The Morgan fingerprint density at radius 1 is 1.29 bits per heavy atom. The fourth-order valence-electron chi connectivity index (χ4n) is 1.83. The summed E-state index contributed by atoms with van der Waals surface area (Å²) < 4.78 is 0. The second kappa shape index (κ2) is 6.39. The first kappa shape index (κ1) is 13.7. The summed E-state index contributed by atoms with van der Waals surface area (Å²) in [6.45, 7) is 10.6. The third-order valence-electron chi connectivity index (χ3n) is 2.68. The number of rotatable bonds is 4. The molecule has 1 aliphatic heterocycles. The molecule has 1 fully saturated rings. The van der Waals surface area contributed by atoms with E-state index in [1.807, 2.05) is 13.8 Å². The van der Waals surface area contributed by atoms with Crippen LogP contribution in [0.2, 0.25) is 0 Å². The normalized spacial score (nSPS) is 17.0. The Kier molecular flexibility index (Phi) is 5.15. The van der Waals surface area contributed by atoms with Crippen molar-refractivity contribution in [3.05, 3.63) is 12.7 Å². The van der Waals surface area contributed by atoms with Gasteiger partial charge in [-0.3, -0.25) is 14.5 Å². The largest absolute Gasteiger partial charge is 0.353 e. The molecule has 0 bridgehead atoms. The van der Waals surface area contributed by atoms with Gasteiger partial charge in [-0.25, -0.2) is 0 Å². The van der Waals surface area contributed by atoms with Crippen molar-refractivity contribution in [2.75, 3.05) is 32.7 Å². The number of nitrogens with one attached hydrogen (secondary N) is 1. The molecular formula is C12H21N3O2. The van der Waals surface area contributed by atoms with Crippen molar-refractivity contribution in [3.63, 3.8) is 0 Å². The van der Waals surface area contributed by atoms with Gasteiger partial charge in [0.25, 0.3) is 0 Å². The molecule has 0 spiro atoms. The van der Waals surface area contributed by atoms with Crippen LogP contribution < -0.4 is 5.32 Å². The molecule has 0 aliphatic carbocycles. The van der Waals surface area contributed by atoms with Crippen LogP contribution in [0, 0.1) is 0 Å². The zero-order valence-corrected chi connectivity index (χ0v) is 10.6. The van der Waals surface area contributed by atoms with Crippen molar-refractivity contribution in [1.29, 1.82) is 0 Å². The van der Waals surface area contributed by atoms with Crippen molar-refractivity contribution in [2.24, 2.45) is 0 Å². The van der Waals surface area contributed by atoms with Crippen LogP contribution in [0.15, 0.2) is 12.7 Å². The zero-order valence-electron chi connectivity index (χ0n) is 10.6. The highest BCUT2D eigenvalue weighted by Gasteiger charge is 2.20. The minimum atomic E-state index is -0.0312. The van der Waals surface area contributed by atoms with E-state index in [0.29, 0.717) is 19.6 Å². The van der Waals surface area contributed by atoms with Crippen molar-refractivity contribution in [3.8, 4) is 0 Å². The molecule has 1 rings (SSSR count). The van der Waals surface area contributed by atoms with Gasteiger partial charge in [-0.1, -0.05) is 6.58 Å². The third-order valence-corrected chi connectivity index (χ3v) is 2.68. The van der Waals surface area contributed by atoms with E-state index in [2.05, 4.69) is 16.8 Å². The van der Waals surface area contributed by atoms with Crippen LogP contribution >= 0.6 is 0 Å². The highest BCUT2D eigenvalue weighted by molar-refractivity contribution is 5.87. The summed E-state index contributed by atoms with van der Waals surface area (Å²) in [5.41, 5.74) is 0. The van der Waals surface area contributed by atoms with E-state index in [1.54, 1.807) is 4.90 Å². The fourth-order valence-corrected chi connectivity index (χ4v) is 1.83. The summed E-state index contributed by atoms with van der Waals surface area (Å²) in [6, 6.07) is 0.172. The number of nitrogens with zero attached hydrogens (tertiary/aromatic N) is 2. The summed E-state index contributed by atoms with van der Waals surface area (Å²) in [5, 5.41) is 2.86. The molecule has 0 radical (unpaired) electrons. The first-order valence-electron chi connectivity index (χ1n) is 5.96. The van der Waals surface area contributed by atoms with Crippen LogP contribution in [0.25, 0.3) is 0 Å². The maximum absolute atomic E-state index is 11.5. The molecule has 1 N–H and O–H groups in total. The highest BCUT2D eigenvalue weighted by atomic mass is 16.2. The van der Waals surface area contributed by atoms with E-state index >= 15 is 0 Å². The Morgan fingerprint density at radius 3 is 2.35 bits per heavy atom. The van der Waals surface area contributed by atoms with Crippen LogP contribution in [0.3, 0.4) is 0 Å². The first-order valence-corrected chi connectivity index (χ1v) is 5.96. The number of carbonyl (C=O) groups is 2. The molecular weight excluding hydrogens is 218 g/mol. The maximum Gasteiger partial charge on any atom is 0.246 e. The van der Waals surface area contributed by atoms with Crippen LogP contribution in [-0.2, 0) is 9.59 Å². The summed E-state index contributed by atoms with van der Waals surface area (Å²) >= 11 is 0. The lowest BCUT2D eigenvalue weighted by atomic mass is 10.3. The van der Waals surface area contributed by atoms with Gasteiger partial charge in [0, 0.05) is 32.2 Å². The van der Waals surface area contributed by atoms with E-state index in [1.165, 1.54) is 6.08 Å². The molecule has 1 saturated heterocycles. The zero-order chi connectivity index (χ0) is 12.8. The van der Waals surface area contributed by atoms with Crippen molar-refractivity contribution < 1.29 is 9.59 Å². The van der Waals surface area contributed by atoms with Gasteiger partial charge in [0.2, 0.25) is 11.8 Å². The molecule has 5 nitrogen and oxygen atoms in total. The van der Waals surface area contributed by atoms with E-state index in [0.717, 1.165) is 13.1 Å². The van der Waals surface area contributed by atoms with Crippen LogP contribution in [0.1, 0.15) is 13.8 Å². The molecule has 1 aliphatic rings. The van der Waals surface area contributed by atoms with Gasteiger partial charge in [0.05, 0.1) is 6.54 Å². The second-order valence-corrected chi connectivity index (χ2v) is 4.53. The lowest BCUT2D eigenvalue weighted by Gasteiger charge is -2.33. The lowest BCUT2D eigenvalue weighted by Crippen LogP contribution is -2.51. The Hall–Kier alpha value is -1.36. The van der Waals surface area contributed by atoms with Gasteiger partial charge in [0.15, 0.2) is 0 Å². The fraction of sp³-hybridized carbons (Fsp3) is 0.667. The Morgan fingerprint density at radius 2 is 1.88 bits per heavy atom. The van der Waals surface area contributed by atoms with Crippen molar-refractivity contribution >= 4 is 11.8 Å². The average Bonchev–Trinajstić information content (AvgIpc) is 2.28. The first-order chi connectivity index (χ1) is 8.02. The van der Waals surface area contributed by atoms with E-state index in [4.69, 9.17) is 0 Å². The summed E-state index contributed by atoms with van der Waals surface area (Å²) in [5.74, 6) is 0.0137. The highest BCUT2D eigenvalue weighted by Crippen LogP contribution is 2.02. The molecule has 0 unspecified atom stereocenters. The van der Waals surface area contributed by atoms with E-state index in [9.17, 15) is 9.59 Å². The molecule has 2 amide bonds. The lowest BCUT2D eigenvalue weighted by molar-refractivity contribution is -0.128. The predicted molar refractivity (Wildman–Crippen MR) is 66.5 cm³/mol. The Labute approximate surface area is 102 Å². The van der Waals surface area contributed by atoms with E-state index in [-0.39, 0.29) is 17.9 Å². The molecule has 17 heavy (non-hydrogen) atoms. The standard InChI is InChI=1S/C12H21N3O2/c1-4-12(17)15-7-5-14(6-8-15)9-11(16)13-10(2)3/h4,10H,1,5-9H2,2-3H3,(H,13,16). The van der Waals surface area contributed by atoms with Gasteiger partial charge in [0.1, 0.15) is 0 Å². The monoisotopic (exact) mass is 239 g/mol. The average molecular weight is 239 g/mol. The second-order valence-electron chi connectivity index (χ2n) is 4.53. The summed E-state index contributed by atoms with van der Waals surface area (Å²) in [7, 11) is 0. The summed E-state index contributed by atoms with van der Waals surface area (Å²) in [4.78, 5) is 26.7. The maximum atomic E-state index is 11.5. The number of hydrogen-bond acceptors (Lipinski definition) is 3.